The molecule has 0 atom stereocenters. The van der Waals surface area contributed by atoms with Crippen molar-refractivity contribution in [3.63, 3.8) is 0 Å². The number of halogens is 1. The van der Waals surface area contributed by atoms with Crippen LogP contribution in [0.3, 0.4) is 0 Å². The van der Waals surface area contributed by atoms with E-state index in [2.05, 4.69) is 36.0 Å². The van der Waals surface area contributed by atoms with Crippen molar-refractivity contribution in [1.82, 2.24) is 9.80 Å². The lowest BCUT2D eigenvalue weighted by Crippen LogP contribution is -2.26. The van der Waals surface area contributed by atoms with Gasteiger partial charge < -0.3 is 9.80 Å². The minimum Gasteiger partial charge on any atom is -0.359 e. The second-order valence-electron chi connectivity index (χ2n) is 12.3. The first kappa shape index (κ1) is 37.8. The fraction of sp³-hybridized carbons (Fsp3) is 0.943. The first-order valence-electron chi connectivity index (χ1n) is 17.5. The van der Waals surface area contributed by atoms with Crippen LogP contribution in [0.2, 0.25) is 0 Å². The second kappa shape index (κ2) is 31.3. The van der Waals surface area contributed by atoms with Crippen LogP contribution in [0.4, 0.5) is 0 Å². The van der Waals surface area contributed by atoms with Gasteiger partial charge in [-0.05, 0) is 12.8 Å². The van der Waals surface area contributed by atoms with Gasteiger partial charge in [0, 0.05) is 25.5 Å². The minimum atomic E-state index is 0. The molecule has 1 aliphatic rings. The summed E-state index contributed by atoms with van der Waals surface area (Å²) < 4.78 is 0. The third-order valence-electron chi connectivity index (χ3n) is 8.45. The molecular weight excluding hydrogens is 528 g/mol. The van der Waals surface area contributed by atoms with E-state index in [1.165, 1.54) is 193 Å². The molecule has 0 aromatic rings. The van der Waals surface area contributed by atoms with Gasteiger partial charge in [-0.1, -0.05) is 181 Å². The van der Waals surface area contributed by atoms with Crippen LogP contribution in [0.25, 0.3) is 0 Å². The van der Waals surface area contributed by atoms with Crippen molar-refractivity contribution in [2.45, 2.75) is 194 Å². The summed E-state index contributed by atoms with van der Waals surface area (Å²) in [5.74, 6) is 0. The van der Waals surface area contributed by atoms with E-state index >= 15 is 0 Å². The highest BCUT2D eigenvalue weighted by Crippen LogP contribution is 2.16. The lowest BCUT2D eigenvalue weighted by molar-refractivity contribution is 0.257. The molecule has 0 saturated heterocycles. The molecular formula is C35H71BrN2. The summed E-state index contributed by atoms with van der Waals surface area (Å²) in [6.07, 6.45) is 45.2. The molecule has 1 aliphatic heterocycles. The number of nitrogens with zero attached hydrogens (tertiary/aromatic N) is 2. The van der Waals surface area contributed by atoms with Crippen LogP contribution >= 0.6 is 17.0 Å². The van der Waals surface area contributed by atoms with E-state index in [9.17, 15) is 0 Å². The zero-order chi connectivity index (χ0) is 26.5. The molecule has 0 aromatic heterocycles. The standard InChI is InChI=1S/C35H70N2.BrH/c1-3-5-7-9-11-13-15-17-18-19-20-22-24-26-28-30-32-37-34-33-36(35-37)31-29-27-25-23-21-16-14-12-10-8-6-4-2;/h33-34H,3-32,35H2,1-2H3;1H. The van der Waals surface area contributed by atoms with Gasteiger partial charge in [-0.25, -0.2) is 0 Å². The molecule has 1 rings (SSSR count). The maximum absolute atomic E-state index is 2.53. The molecule has 0 amide bonds. The van der Waals surface area contributed by atoms with Crippen molar-refractivity contribution in [1.29, 1.82) is 0 Å². The van der Waals surface area contributed by atoms with E-state index in [-0.39, 0.29) is 17.0 Å². The van der Waals surface area contributed by atoms with E-state index in [0.717, 1.165) is 6.67 Å². The molecule has 228 valence electrons. The van der Waals surface area contributed by atoms with E-state index < -0.39 is 0 Å². The summed E-state index contributed by atoms with van der Waals surface area (Å²) in [5, 5.41) is 0. The van der Waals surface area contributed by atoms with E-state index in [1.807, 2.05) is 0 Å². The van der Waals surface area contributed by atoms with Gasteiger partial charge >= 0.3 is 0 Å². The van der Waals surface area contributed by atoms with Gasteiger partial charge in [0.1, 0.15) is 0 Å². The van der Waals surface area contributed by atoms with Crippen LogP contribution < -0.4 is 0 Å². The molecule has 0 aromatic carbocycles. The van der Waals surface area contributed by atoms with Gasteiger partial charge in [0.15, 0.2) is 0 Å². The SMILES string of the molecule is Br.CCCCCCCCCCCCCCCCCCN1C=CN(CCCCCCCCCCCCCC)C1. The molecule has 2 nitrogen and oxygen atoms in total. The van der Waals surface area contributed by atoms with Gasteiger partial charge in [-0.3, -0.25) is 0 Å². The summed E-state index contributed by atoms with van der Waals surface area (Å²) in [5.41, 5.74) is 0. The highest BCUT2D eigenvalue weighted by Gasteiger charge is 2.11. The smallest absolute Gasteiger partial charge is 0.0893 e. The van der Waals surface area contributed by atoms with E-state index in [4.69, 9.17) is 0 Å². The van der Waals surface area contributed by atoms with Gasteiger partial charge in [0.25, 0.3) is 0 Å². The van der Waals surface area contributed by atoms with Crippen molar-refractivity contribution >= 4 is 17.0 Å². The van der Waals surface area contributed by atoms with Crippen LogP contribution in [0.5, 0.6) is 0 Å². The maximum Gasteiger partial charge on any atom is 0.0893 e. The van der Waals surface area contributed by atoms with Crippen molar-refractivity contribution in [2.24, 2.45) is 0 Å². The van der Waals surface area contributed by atoms with Crippen LogP contribution in [0.1, 0.15) is 194 Å². The average Bonchev–Trinajstić information content (AvgIpc) is 3.36. The Morgan fingerprint density at radius 2 is 0.553 bits per heavy atom. The monoisotopic (exact) mass is 598 g/mol. The van der Waals surface area contributed by atoms with Crippen LogP contribution in [-0.4, -0.2) is 29.6 Å². The van der Waals surface area contributed by atoms with Gasteiger partial charge in [0.2, 0.25) is 0 Å². The summed E-state index contributed by atoms with van der Waals surface area (Å²) in [7, 11) is 0. The molecule has 38 heavy (non-hydrogen) atoms. The van der Waals surface area contributed by atoms with Crippen LogP contribution in [0.15, 0.2) is 12.4 Å². The molecule has 0 radical (unpaired) electrons. The molecule has 0 unspecified atom stereocenters. The minimum absolute atomic E-state index is 0. The molecule has 0 aliphatic carbocycles. The van der Waals surface area contributed by atoms with Crippen LogP contribution in [0, 0.1) is 0 Å². The third-order valence-corrected chi connectivity index (χ3v) is 8.45. The van der Waals surface area contributed by atoms with E-state index in [0.29, 0.717) is 0 Å². The third kappa shape index (κ3) is 26.1. The van der Waals surface area contributed by atoms with Gasteiger partial charge in [-0.2, -0.15) is 0 Å². The quantitative estimate of drug-likeness (QED) is 0.0758. The summed E-state index contributed by atoms with van der Waals surface area (Å²) in [4.78, 5) is 5.06. The topological polar surface area (TPSA) is 6.48 Å². The molecule has 0 fully saturated rings. The summed E-state index contributed by atoms with van der Waals surface area (Å²) in [6, 6.07) is 0. The Kier molecular flexibility index (Phi) is 31.2. The molecule has 0 N–H and O–H groups in total. The molecule has 0 spiro atoms. The predicted octanol–water partition coefficient (Wildman–Crippen LogP) is 12.6. The fourth-order valence-electron chi connectivity index (χ4n) is 5.83. The van der Waals surface area contributed by atoms with Crippen molar-refractivity contribution < 1.29 is 0 Å². The van der Waals surface area contributed by atoms with Gasteiger partial charge in [-0.15, -0.1) is 17.0 Å². The molecule has 0 bridgehead atoms. The second-order valence-corrected chi connectivity index (χ2v) is 12.3. The molecule has 1 heterocycles. The fourth-order valence-corrected chi connectivity index (χ4v) is 5.83. The normalized spacial score (nSPS) is 13.0. The Morgan fingerprint density at radius 1 is 0.342 bits per heavy atom. The lowest BCUT2D eigenvalue weighted by atomic mass is 10.0. The zero-order valence-corrected chi connectivity index (χ0v) is 28.1. The predicted molar refractivity (Wildman–Crippen MR) is 178 cm³/mol. The average molecular weight is 600 g/mol. The molecule has 0 saturated carbocycles. The van der Waals surface area contributed by atoms with Crippen LogP contribution in [-0.2, 0) is 0 Å². The number of rotatable bonds is 30. The Bertz CT molecular complexity index is 467. The largest absolute Gasteiger partial charge is 0.359 e. The maximum atomic E-state index is 2.53. The van der Waals surface area contributed by atoms with Crippen molar-refractivity contribution in [3.8, 4) is 0 Å². The first-order valence-corrected chi connectivity index (χ1v) is 17.5. The Balaban J connectivity index is 0.0000137. The van der Waals surface area contributed by atoms with E-state index in [1.54, 1.807) is 0 Å². The Hall–Kier alpha value is -0.180. The summed E-state index contributed by atoms with van der Waals surface area (Å²) in [6.45, 7) is 8.25. The number of hydrogen-bond acceptors (Lipinski definition) is 2. The number of hydrogen-bond donors (Lipinski definition) is 0. The Labute approximate surface area is 251 Å². The Morgan fingerprint density at radius 3 is 0.789 bits per heavy atom. The highest BCUT2D eigenvalue weighted by atomic mass is 79.9. The number of unbranched alkanes of at least 4 members (excludes halogenated alkanes) is 26. The lowest BCUT2D eigenvalue weighted by Gasteiger charge is -2.21. The zero-order valence-electron chi connectivity index (χ0n) is 26.4. The molecule has 3 heteroatoms. The first-order chi connectivity index (χ1) is 18.4. The van der Waals surface area contributed by atoms with Crippen molar-refractivity contribution in [2.75, 3.05) is 19.8 Å². The summed E-state index contributed by atoms with van der Waals surface area (Å²) >= 11 is 0. The van der Waals surface area contributed by atoms with Crippen molar-refractivity contribution in [3.05, 3.63) is 12.4 Å². The highest BCUT2D eigenvalue weighted by molar-refractivity contribution is 8.93. The van der Waals surface area contributed by atoms with Gasteiger partial charge in [0.05, 0.1) is 6.67 Å².